The van der Waals surface area contributed by atoms with Gasteiger partial charge in [-0.2, -0.15) is 8.78 Å². The van der Waals surface area contributed by atoms with E-state index in [1.54, 1.807) is 4.90 Å². The summed E-state index contributed by atoms with van der Waals surface area (Å²) >= 11 is 0. The average Bonchev–Trinajstić information content (AvgIpc) is 0.802. The van der Waals surface area contributed by atoms with Gasteiger partial charge in [0.1, 0.15) is 19.3 Å². The molecule has 3 rings (SSSR count). The minimum atomic E-state index is -2.36. The van der Waals surface area contributed by atoms with Crippen molar-refractivity contribution in [2.75, 3.05) is 172 Å². The molecule has 0 heterocycles. The first-order valence-electron chi connectivity index (χ1n) is 36.0. The zero-order valence-corrected chi connectivity index (χ0v) is 59.5. The fourth-order valence-electron chi connectivity index (χ4n) is 9.79. The van der Waals surface area contributed by atoms with Gasteiger partial charge in [-0.15, -0.1) is 0 Å². The fraction of sp³-hybridized carbons (Fsp3) is 0.689. The third-order valence-electron chi connectivity index (χ3n) is 15.4. The van der Waals surface area contributed by atoms with Crippen LogP contribution in [0.4, 0.5) is 22.0 Å². The highest BCUT2D eigenvalue weighted by molar-refractivity contribution is 5.85. The van der Waals surface area contributed by atoms with E-state index in [0.717, 1.165) is 75.3 Å². The van der Waals surface area contributed by atoms with E-state index < -0.39 is 59.2 Å². The summed E-state index contributed by atoms with van der Waals surface area (Å²) in [6.45, 7) is 11.0. The quantitative estimate of drug-likeness (QED) is 0.0138. The van der Waals surface area contributed by atoms with Gasteiger partial charge >= 0.3 is 17.9 Å². The van der Waals surface area contributed by atoms with Crippen LogP contribution < -0.4 is 10.1 Å². The van der Waals surface area contributed by atoms with Crippen molar-refractivity contribution in [2.24, 2.45) is 0 Å². The largest absolute Gasteiger partial charge is 0.461 e. The van der Waals surface area contributed by atoms with Gasteiger partial charge in [-0.25, -0.2) is 18.0 Å². The Balaban J connectivity index is 1.12. The van der Waals surface area contributed by atoms with Gasteiger partial charge in [0.05, 0.1) is 165 Å². The molecule has 0 aromatic heterocycles. The van der Waals surface area contributed by atoms with Crippen LogP contribution in [0.2, 0.25) is 0 Å². The molecule has 27 heteroatoms. The second-order valence-corrected chi connectivity index (χ2v) is 23.5. The Morgan fingerprint density at radius 3 is 1.13 bits per heavy atom. The molecular formula is C74H113F5N2O20. The lowest BCUT2D eigenvalue weighted by Gasteiger charge is -2.31. The Morgan fingerprint density at radius 2 is 0.713 bits per heavy atom. The van der Waals surface area contributed by atoms with Crippen LogP contribution in [-0.4, -0.2) is 212 Å². The number of nitrogens with one attached hydrogen (secondary N) is 1. The molecule has 3 aromatic rings. The van der Waals surface area contributed by atoms with Gasteiger partial charge in [0, 0.05) is 32.4 Å². The summed E-state index contributed by atoms with van der Waals surface area (Å²) in [5.41, 5.74) is 1.81. The van der Waals surface area contributed by atoms with E-state index >= 15 is 0 Å². The number of ether oxygens (including phenoxy) is 15. The highest BCUT2D eigenvalue weighted by Gasteiger charge is 2.32. The second-order valence-electron chi connectivity index (χ2n) is 23.5. The van der Waals surface area contributed by atoms with E-state index in [4.69, 9.17) is 66.3 Å². The molecule has 0 radical (unpaired) electrons. The number of esters is 3. The SMILES string of the molecule is CCCCCCCCCCCN(C(=O)CCCCCCCCCC(=O)OCc1ccccc1)[C@H](CCC(=O)NCCOCCOCCOCCOCCOCCOCCOCCOCCOCCOCCOCCOCCC(=O)Oc1c(F)c(F)c(F)c(F)c1F)C(=O)OCc1ccccc1. The molecule has 0 fully saturated rings. The number of halogens is 5. The minimum Gasteiger partial charge on any atom is -0.461 e. The van der Waals surface area contributed by atoms with Crippen LogP contribution in [0.15, 0.2) is 60.7 Å². The van der Waals surface area contributed by atoms with E-state index in [2.05, 4.69) is 17.0 Å². The van der Waals surface area contributed by atoms with Crippen molar-refractivity contribution in [2.45, 2.75) is 161 Å². The lowest BCUT2D eigenvalue weighted by Crippen LogP contribution is -2.47. The average molecular weight is 1450 g/mol. The predicted molar refractivity (Wildman–Crippen MR) is 365 cm³/mol. The number of hydrogen-bond acceptors (Lipinski definition) is 20. The molecule has 3 aromatic carbocycles. The van der Waals surface area contributed by atoms with Crippen LogP contribution in [0, 0.1) is 29.1 Å². The summed E-state index contributed by atoms with van der Waals surface area (Å²) < 4.78 is 148. The van der Waals surface area contributed by atoms with Crippen LogP contribution in [-0.2, 0) is 104 Å². The molecule has 101 heavy (non-hydrogen) atoms. The van der Waals surface area contributed by atoms with E-state index in [9.17, 15) is 45.9 Å². The van der Waals surface area contributed by atoms with E-state index in [1.165, 1.54) is 32.1 Å². The Bertz CT molecular complexity index is 2540. The van der Waals surface area contributed by atoms with Gasteiger partial charge in [0.25, 0.3) is 0 Å². The smallest absolute Gasteiger partial charge is 0.329 e. The van der Waals surface area contributed by atoms with Crippen molar-refractivity contribution in [3.05, 3.63) is 101 Å². The number of rotatable bonds is 69. The van der Waals surface area contributed by atoms with Crippen molar-refractivity contribution in [1.29, 1.82) is 0 Å². The first kappa shape index (κ1) is 89.4. The lowest BCUT2D eigenvalue weighted by molar-refractivity contribution is -0.157. The molecule has 0 saturated heterocycles. The second kappa shape index (κ2) is 62.7. The summed E-state index contributed by atoms with van der Waals surface area (Å²) in [6.07, 6.45) is 16.7. The number of carbonyl (C=O) groups excluding carboxylic acids is 5. The van der Waals surface area contributed by atoms with Gasteiger partial charge in [-0.05, 0) is 36.8 Å². The van der Waals surface area contributed by atoms with Crippen LogP contribution in [0.1, 0.15) is 153 Å². The maximum atomic E-state index is 14.1. The molecule has 2 amide bonds. The van der Waals surface area contributed by atoms with Gasteiger partial charge in [0.15, 0.2) is 0 Å². The van der Waals surface area contributed by atoms with Crippen LogP contribution >= 0.6 is 0 Å². The highest BCUT2D eigenvalue weighted by Crippen LogP contribution is 2.29. The first-order valence-corrected chi connectivity index (χ1v) is 36.0. The van der Waals surface area contributed by atoms with Crippen molar-refractivity contribution in [1.82, 2.24) is 10.2 Å². The molecular weight excluding hydrogens is 1330 g/mol. The van der Waals surface area contributed by atoms with Gasteiger partial charge in [-0.3, -0.25) is 19.2 Å². The highest BCUT2D eigenvalue weighted by atomic mass is 19.2. The van der Waals surface area contributed by atoms with Crippen molar-refractivity contribution in [3.8, 4) is 5.75 Å². The number of carbonyl (C=O) groups is 5. The number of nitrogens with zero attached hydrogens (tertiary/aromatic N) is 1. The number of amides is 2. The number of hydrogen-bond donors (Lipinski definition) is 1. The fourth-order valence-corrected chi connectivity index (χ4v) is 9.79. The number of unbranched alkanes of at least 4 members (excludes halogenated alkanes) is 14. The van der Waals surface area contributed by atoms with Crippen LogP contribution in [0.5, 0.6) is 5.75 Å². The maximum Gasteiger partial charge on any atom is 0.329 e. The van der Waals surface area contributed by atoms with Gasteiger partial charge < -0.3 is 81.3 Å². The molecule has 0 spiro atoms. The Hall–Kier alpha value is -5.82. The van der Waals surface area contributed by atoms with Crippen LogP contribution in [0.3, 0.4) is 0 Å². The van der Waals surface area contributed by atoms with Gasteiger partial charge in [-0.1, -0.05) is 151 Å². The molecule has 0 aliphatic carbocycles. The molecule has 1 N–H and O–H groups in total. The first-order chi connectivity index (χ1) is 49.4. The van der Waals surface area contributed by atoms with Gasteiger partial charge in [0.2, 0.25) is 46.6 Å². The Morgan fingerprint density at radius 1 is 0.366 bits per heavy atom. The lowest BCUT2D eigenvalue weighted by atomic mass is 10.0. The van der Waals surface area contributed by atoms with Crippen molar-refractivity contribution in [3.63, 3.8) is 0 Å². The summed E-state index contributed by atoms with van der Waals surface area (Å²) in [7, 11) is 0. The van der Waals surface area contributed by atoms with Crippen molar-refractivity contribution < 1.29 is 117 Å². The molecule has 0 aliphatic heterocycles. The molecule has 0 bridgehead atoms. The summed E-state index contributed by atoms with van der Waals surface area (Å²) in [4.78, 5) is 66.9. The van der Waals surface area contributed by atoms with Crippen molar-refractivity contribution >= 4 is 29.7 Å². The normalized spacial score (nSPS) is 11.7. The van der Waals surface area contributed by atoms with E-state index in [0.29, 0.717) is 145 Å². The van der Waals surface area contributed by atoms with E-state index in [1.807, 2.05) is 60.7 Å². The zero-order valence-electron chi connectivity index (χ0n) is 59.5. The molecule has 1 atom stereocenters. The maximum absolute atomic E-state index is 14.1. The summed E-state index contributed by atoms with van der Waals surface area (Å²) in [5, 5.41) is 2.89. The van der Waals surface area contributed by atoms with Crippen LogP contribution in [0.25, 0.3) is 0 Å². The molecule has 0 aliphatic rings. The summed E-state index contributed by atoms with van der Waals surface area (Å²) in [5.74, 6) is -15.2. The number of benzene rings is 3. The summed E-state index contributed by atoms with van der Waals surface area (Å²) in [6, 6.07) is 18.2. The molecule has 0 unspecified atom stereocenters. The third-order valence-corrected chi connectivity index (χ3v) is 15.4. The topological polar surface area (TPSA) is 239 Å². The van der Waals surface area contributed by atoms with E-state index in [-0.39, 0.29) is 90.0 Å². The molecule has 574 valence electrons. The standard InChI is InChI=1S/C74H113F5N2O20/c1-2-3-4-5-6-7-11-14-23-34-81(65(83)28-21-12-9-8-10-13-22-29-66(84)99-59-61-24-17-15-18-25-61)63(74(86)100-60-62-26-19-16-20-27-62)30-31-64(82)80-33-36-88-38-40-90-42-44-92-46-48-94-50-52-96-54-56-98-58-57-97-55-53-95-51-49-93-47-45-91-43-41-89-39-37-87-35-32-67(85)101-73-71(78)69(76)68(75)70(77)72(73)79/h15-20,24-27,63H,2-14,21-23,28-60H2,1H3,(H,80,82)/t63-/m1/s1. The Kier molecular flexibility index (Phi) is 55.5. The minimum absolute atomic E-state index is 0.0316. The third kappa shape index (κ3) is 47.2. The molecule has 22 nitrogen and oxygen atoms in total. The monoisotopic (exact) mass is 1440 g/mol. The predicted octanol–water partition coefficient (Wildman–Crippen LogP) is 11.5. The zero-order chi connectivity index (χ0) is 72.7. The molecule has 0 saturated carbocycles. The Labute approximate surface area is 594 Å².